The van der Waals surface area contributed by atoms with Crippen LogP contribution in [0.3, 0.4) is 0 Å². The van der Waals surface area contributed by atoms with Gasteiger partial charge in [-0.3, -0.25) is 4.79 Å². The number of hydrogen-bond acceptors (Lipinski definition) is 4. The Hall–Kier alpha value is -3.12. The molecule has 1 N–H and O–H groups in total. The van der Waals surface area contributed by atoms with Crippen molar-refractivity contribution in [3.8, 4) is 5.75 Å². The van der Waals surface area contributed by atoms with Crippen LogP contribution in [0.2, 0.25) is 0 Å². The van der Waals surface area contributed by atoms with Gasteiger partial charge in [-0.1, -0.05) is 23.8 Å². The maximum Gasteiger partial charge on any atom is 0.230 e. The number of aryl methyl sites for hydroxylation is 2. The predicted molar refractivity (Wildman–Crippen MR) is 113 cm³/mol. The van der Waals surface area contributed by atoms with Gasteiger partial charge in [0.1, 0.15) is 17.4 Å². The Balaban J connectivity index is 1.36. The smallest absolute Gasteiger partial charge is 0.230 e. The molecule has 0 spiro atoms. The van der Waals surface area contributed by atoms with Crippen molar-refractivity contribution in [3.63, 3.8) is 0 Å². The molecule has 0 saturated carbocycles. The van der Waals surface area contributed by atoms with E-state index >= 15 is 0 Å². The Morgan fingerprint density at radius 3 is 2.82 bits per heavy atom. The summed E-state index contributed by atoms with van der Waals surface area (Å²) in [6.07, 6.45) is 2.23. The van der Waals surface area contributed by atoms with Crippen molar-refractivity contribution in [3.05, 3.63) is 76.4 Å². The first-order valence-electron chi connectivity index (χ1n) is 9.05. The van der Waals surface area contributed by atoms with E-state index in [-0.39, 0.29) is 12.3 Å². The van der Waals surface area contributed by atoms with Gasteiger partial charge in [-0.2, -0.15) is 0 Å². The van der Waals surface area contributed by atoms with E-state index in [9.17, 15) is 4.79 Å². The van der Waals surface area contributed by atoms with Gasteiger partial charge in [0.05, 0.1) is 17.8 Å². The molecule has 4 aromatic rings. The minimum Gasteiger partial charge on any atom is -0.486 e. The minimum atomic E-state index is -0.0762. The van der Waals surface area contributed by atoms with Crippen LogP contribution in [0.4, 0.5) is 5.69 Å². The summed E-state index contributed by atoms with van der Waals surface area (Å²) < 4.78 is 7.79. The zero-order chi connectivity index (χ0) is 19.5. The summed E-state index contributed by atoms with van der Waals surface area (Å²) in [5, 5.41) is 6.80. The highest BCUT2D eigenvalue weighted by Crippen LogP contribution is 2.24. The third-order valence-electron chi connectivity index (χ3n) is 4.53. The van der Waals surface area contributed by atoms with Crippen molar-refractivity contribution in [2.45, 2.75) is 20.0 Å². The molecule has 0 radical (unpaired) electrons. The topological polar surface area (TPSA) is 56.1 Å². The van der Waals surface area contributed by atoms with E-state index in [1.54, 1.807) is 0 Å². The molecule has 0 aliphatic rings. The molecular weight excluding hydrogens is 370 g/mol. The van der Waals surface area contributed by atoms with E-state index in [2.05, 4.69) is 10.3 Å². The van der Waals surface area contributed by atoms with Gasteiger partial charge in [-0.15, -0.1) is 11.3 Å². The molecule has 0 aliphatic carbocycles. The molecule has 6 heteroatoms. The van der Waals surface area contributed by atoms with Crippen LogP contribution >= 0.6 is 11.3 Å². The highest BCUT2D eigenvalue weighted by atomic mass is 32.1. The number of rotatable bonds is 6. The van der Waals surface area contributed by atoms with E-state index in [1.165, 1.54) is 16.9 Å². The quantitative estimate of drug-likeness (QED) is 0.518. The number of amides is 1. The van der Waals surface area contributed by atoms with Gasteiger partial charge >= 0.3 is 0 Å². The molecule has 4 rings (SSSR count). The average molecular weight is 391 g/mol. The lowest BCUT2D eigenvalue weighted by Gasteiger charge is -2.06. The summed E-state index contributed by atoms with van der Waals surface area (Å²) in [6.45, 7) is 2.44. The van der Waals surface area contributed by atoms with Gasteiger partial charge in [0.2, 0.25) is 5.91 Å². The summed E-state index contributed by atoms with van der Waals surface area (Å²) in [6, 6.07) is 15.8. The number of ether oxygens (including phenoxy) is 1. The van der Waals surface area contributed by atoms with Crippen molar-refractivity contribution < 1.29 is 9.53 Å². The van der Waals surface area contributed by atoms with E-state index in [0.717, 1.165) is 33.0 Å². The van der Waals surface area contributed by atoms with Gasteiger partial charge < -0.3 is 14.6 Å². The Morgan fingerprint density at radius 2 is 2.00 bits per heavy atom. The number of anilines is 1. The van der Waals surface area contributed by atoms with E-state index < -0.39 is 0 Å². The Labute approximate surface area is 167 Å². The van der Waals surface area contributed by atoms with Crippen LogP contribution in [-0.2, 0) is 24.9 Å². The molecule has 0 fully saturated rings. The van der Waals surface area contributed by atoms with Gasteiger partial charge in [-0.25, -0.2) is 4.98 Å². The molecule has 5 nitrogen and oxygen atoms in total. The number of hydrogen-bond donors (Lipinski definition) is 1. The van der Waals surface area contributed by atoms with Crippen molar-refractivity contribution in [2.75, 3.05) is 5.32 Å². The lowest BCUT2D eigenvalue weighted by atomic mass is 10.2. The second-order valence-corrected chi connectivity index (χ2v) is 7.67. The van der Waals surface area contributed by atoms with Gasteiger partial charge in [-0.05, 0) is 37.3 Å². The summed E-state index contributed by atoms with van der Waals surface area (Å²) in [4.78, 5) is 17.0. The van der Waals surface area contributed by atoms with Crippen LogP contribution < -0.4 is 10.1 Å². The maximum absolute atomic E-state index is 12.5. The molecule has 0 aliphatic heterocycles. The average Bonchev–Trinajstić information content (AvgIpc) is 3.29. The van der Waals surface area contributed by atoms with E-state index in [1.807, 2.05) is 78.6 Å². The maximum atomic E-state index is 12.5. The van der Waals surface area contributed by atoms with E-state index in [4.69, 9.17) is 4.74 Å². The molecule has 2 aromatic heterocycles. The van der Waals surface area contributed by atoms with Crippen LogP contribution in [-0.4, -0.2) is 15.5 Å². The number of carbonyl (C=O) groups excluding carboxylic acids is 1. The molecule has 28 heavy (non-hydrogen) atoms. The molecule has 2 aromatic carbocycles. The standard InChI is InChI=1S/C22H21N3O2S/c1-15-6-8-17(9-7-15)27-13-22-23-16(14-28-22)12-21(26)24-19-4-3-5-20-18(19)10-11-25(20)2/h3-11,14H,12-13H2,1-2H3,(H,24,26). The minimum absolute atomic E-state index is 0.0762. The van der Waals surface area contributed by atoms with Crippen molar-refractivity contribution >= 4 is 33.8 Å². The monoisotopic (exact) mass is 391 g/mol. The highest BCUT2D eigenvalue weighted by molar-refractivity contribution is 7.09. The molecule has 2 heterocycles. The second-order valence-electron chi connectivity index (χ2n) is 6.72. The van der Waals surface area contributed by atoms with Crippen molar-refractivity contribution in [1.29, 1.82) is 0 Å². The van der Waals surface area contributed by atoms with Crippen LogP contribution in [0.25, 0.3) is 10.9 Å². The van der Waals surface area contributed by atoms with Crippen LogP contribution in [0.5, 0.6) is 5.75 Å². The molecule has 142 valence electrons. The van der Waals surface area contributed by atoms with Crippen LogP contribution in [0.15, 0.2) is 60.1 Å². The summed E-state index contributed by atoms with van der Waals surface area (Å²) >= 11 is 1.51. The fourth-order valence-electron chi connectivity index (χ4n) is 3.05. The molecule has 0 saturated heterocycles. The number of benzene rings is 2. The largest absolute Gasteiger partial charge is 0.486 e. The molecule has 0 unspecified atom stereocenters. The van der Waals surface area contributed by atoms with Gasteiger partial charge in [0.25, 0.3) is 0 Å². The first-order valence-corrected chi connectivity index (χ1v) is 9.93. The lowest BCUT2D eigenvalue weighted by molar-refractivity contribution is -0.115. The van der Waals surface area contributed by atoms with Crippen molar-refractivity contribution in [2.24, 2.45) is 7.05 Å². The van der Waals surface area contributed by atoms with Crippen molar-refractivity contribution in [1.82, 2.24) is 9.55 Å². The number of fused-ring (bicyclic) bond motifs is 1. The zero-order valence-electron chi connectivity index (χ0n) is 15.8. The molecule has 0 bridgehead atoms. The molecular formula is C22H21N3O2S. The third-order valence-corrected chi connectivity index (χ3v) is 5.40. The third kappa shape index (κ3) is 4.07. The van der Waals surface area contributed by atoms with E-state index in [0.29, 0.717) is 6.61 Å². The molecule has 1 amide bonds. The lowest BCUT2D eigenvalue weighted by Crippen LogP contribution is -2.14. The number of aromatic nitrogens is 2. The Kier molecular flexibility index (Phi) is 5.12. The number of nitrogens with zero attached hydrogens (tertiary/aromatic N) is 2. The van der Waals surface area contributed by atoms with Gasteiger partial charge in [0.15, 0.2) is 0 Å². The SMILES string of the molecule is Cc1ccc(OCc2nc(CC(=O)Nc3cccc4c3ccn4C)cs2)cc1. The molecule has 0 atom stereocenters. The first-order chi connectivity index (χ1) is 13.6. The Bertz CT molecular complexity index is 1110. The second kappa shape index (κ2) is 7.86. The summed E-state index contributed by atoms with van der Waals surface area (Å²) in [5.74, 6) is 0.740. The van der Waals surface area contributed by atoms with Crippen LogP contribution in [0, 0.1) is 6.92 Å². The summed E-state index contributed by atoms with van der Waals surface area (Å²) in [5.41, 5.74) is 3.86. The number of carbonyl (C=O) groups is 1. The summed E-state index contributed by atoms with van der Waals surface area (Å²) in [7, 11) is 1.99. The fourth-order valence-corrected chi connectivity index (χ4v) is 3.75. The van der Waals surface area contributed by atoms with Gasteiger partial charge in [0, 0.05) is 29.5 Å². The predicted octanol–water partition coefficient (Wildman–Crippen LogP) is 4.70. The van der Waals surface area contributed by atoms with Crippen LogP contribution in [0.1, 0.15) is 16.3 Å². The Morgan fingerprint density at radius 1 is 1.18 bits per heavy atom. The number of thiazole rings is 1. The normalized spacial score (nSPS) is 10.9. The first kappa shape index (κ1) is 18.3. The zero-order valence-corrected chi connectivity index (χ0v) is 16.6. The highest BCUT2D eigenvalue weighted by Gasteiger charge is 2.11. The number of nitrogens with one attached hydrogen (secondary N) is 1. The fraction of sp³-hybridized carbons (Fsp3) is 0.182.